The first-order valence-electron chi connectivity index (χ1n) is 6.07. The van der Waals surface area contributed by atoms with E-state index in [-0.39, 0.29) is 0 Å². The molecule has 0 spiro atoms. The Morgan fingerprint density at radius 2 is 2.39 bits per heavy atom. The van der Waals surface area contributed by atoms with Crippen molar-refractivity contribution in [2.45, 2.75) is 19.0 Å². The SMILES string of the molecule is CN(Cc1ccc(C(N)=O)cc1Cl)C1CCNC1. The topological polar surface area (TPSA) is 58.4 Å². The molecule has 0 aromatic heterocycles. The number of hydrogen-bond acceptors (Lipinski definition) is 3. The third-order valence-corrected chi connectivity index (χ3v) is 3.77. The number of rotatable bonds is 4. The van der Waals surface area contributed by atoms with E-state index in [0.717, 1.165) is 31.6 Å². The molecule has 5 heteroatoms. The molecule has 1 aliphatic rings. The summed E-state index contributed by atoms with van der Waals surface area (Å²) < 4.78 is 0. The Kier molecular flexibility index (Phi) is 4.22. The summed E-state index contributed by atoms with van der Waals surface area (Å²) in [6.07, 6.45) is 1.16. The number of carbonyl (C=O) groups excluding carboxylic acids is 1. The molecule has 1 aromatic rings. The van der Waals surface area contributed by atoms with Gasteiger partial charge in [0.05, 0.1) is 0 Å². The molecule has 1 saturated heterocycles. The Morgan fingerprint density at radius 3 is 2.94 bits per heavy atom. The summed E-state index contributed by atoms with van der Waals surface area (Å²) in [5, 5.41) is 3.94. The number of amides is 1. The predicted molar refractivity (Wildman–Crippen MR) is 72.7 cm³/mol. The third-order valence-electron chi connectivity index (χ3n) is 3.41. The second kappa shape index (κ2) is 5.69. The Labute approximate surface area is 112 Å². The average molecular weight is 268 g/mol. The fourth-order valence-corrected chi connectivity index (χ4v) is 2.48. The summed E-state index contributed by atoms with van der Waals surface area (Å²) in [5.74, 6) is -0.447. The fourth-order valence-electron chi connectivity index (χ4n) is 2.24. The molecule has 1 unspecified atom stereocenters. The summed E-state index contributed by atoms with van der Waals surface area (Å²) in [4.78, 5) is 13.3. The minimum Gasteiger partial charge on any atom is -0.366 e. The highest BCUT2D eigenvalue weighted by molar-refractivity contribution is 6.31. The van der Waals surface area contributed by atoms with Crippen LogP contribution in [0.3, 0.4) is 0 Å². The summed E-state index contributed by atoms with van der Waals surface area (Å²) >= 11 is 6.17. The molecule has 0 aliphatic carbocycles. The Bertz CT molecular complexity index is 444. The van der Waals surface area contributed by atoms with Crippen molar-refractivity contribution < 1.29 is 4.79 Å². The number of carbonyl (C=O) groups is 1. The average Bonchev–Trinajstić information content (AvgIpc) is 2.85. The molecule has 1 atom stereocenters. The molecule has 18 heavy (non-hydrogen) atoms. The lowest BCUT2D eigenvalue weighted by Gasteiger charge is -2.24. The van der Waals surface area contributed by atoms with Crippen molar-refractivity contribution in [3.63, 3.8) is 0 Å². The number of hydrogen-bond donors (Lipinski definition) is 2. The molecule has 1 fully saturated rings. The van der Waals surface area contributed by atoms with Crippen LogP contribution >= 0.6 is 11.6 Å². The van der Waals surface area contributed by atoms with Crippen LogP contribution in [-0.2, 0) is 6.54 Å². The van der Waals surface area contributed by atoms with Crippen molar-refractivity contribution in [2.75, 3.05) is 20.1 Å². The first kappa shape index (κ1) is 13.3. The van der Waals surface area contributed by atoms with E-state index in [4.69, 9.17) is 17.3 Å². The number of nitrogens with two attached hydrogens (primary N) is 1. The monoisotopic (exact) mass is 267 g/mol. The first-order valence-corrected chi connectivity index (χ1v) is 6.45. The van der Waals surface area contributed by atoms with Crippen LogP contribution < -0.4 is 11.1 Å². The van der Waals surface area contributed by atoms with Gasteiger partial charge < -0.3 is 11.1 Å². The van der Waals surface area contributed by atoms with Crippen molar-refractivity contribution in [3.05, 3.63) is 34.3 Å². The molecule has 4 nitrogen and oxygen atoms in total. The van der Waals surface area contributed by atoms with Crippen molar-refractivity contribution in [1.29, 1.82) is 0 Å². The van der Waals surface area contributed by atoms with Crippen molar-refractivity contribution in [1.82, 2.24) is 10.2 Å². The zero-order valence-corrected chi connectivity index (χ0v) is 11.2. The maximum Gasteiger partial charge on any atom is 0.248 e. The molecule has 1 heterocycles. The van der Waals surface area contributed by atoms with Crippen LogP contribution in [0.5, 0.6) is 0 Å². The standard InChI is InChI=1S/C13H18ClN3O/c1-17(11-4-5-16-7-11)8-10-3-2-9(13(15)18)6-12(10)14/h2-3,6,11,16H,4-5,7-8H2,1H3,(H2,15,18). The lowest BCUT2D eigenvalue weighted by Crippen LogP contribution is -2.32. The summed E-state index contributed by atoms with van der Waals surface area (Å²) in [7, 11) is 2.09. The molecule has 2 rings (SSSR count). The van der Waals surface area contributed by atoms with E-state index in [9.17, 15) is 4.79 Å². The van der Waals surface area contributed by atoms with Crippen LogP contribution in [0.1, 0.15) is 22.3 Å². The van der Waals surface area contributed by atoms with Gasteiger partial charge in [-0.25, -0.2) is 0 Å². The number of nitrogens with one attached hydrogen (secondary N) is 1. The highest BCUT2D eigenvalue weighted by atomic mass is 35.5. The first-order chi connectivity index (χ1) is 8.58. The largest absolute Gasteiger partial charge is 0.366 e. The quantitative estimate of drug-likeness (QED) is 0.863. The molecule has 98 valence electrons. The number of halogens is 1. The summed E-state index contributed by atoms with van der Waals surface area (Å²) in [6, 6.07) is 5.79. The minimum absolute atomic E-state index is 0.447. The van der Waals surface area contributed by atoms with Crippen LogP contribution in [0, 0.1) is 0 Å². The van der Waals surface area contributed by atoms with E-state index < -0.39 is 5.91 Å². The smallest absolute Gasteiger partial charge is 0.248 e. The van der Waals surface area contributed by atoms with Gasteiger partial charge in [0.15, 0.2) is 0 Å². The number of nitrogens with zero attached hydrogens (tertiary/aromatic N) is 1. The molecular weight excluding hydrogens is 250 g/mol. The van der Waals surface area contributed by atoms with Gasteiger partial charge in [-0.15, -0.1) is 0 Å². The van der Waals surface area contributed by atoms with Gasteiger partial charge in [-0.05, 0) is 37.7 Å². The van der Waals surface area contributed by atoms with Crippen LogP contribution in [0.25, 0.3) is 0 Å². The van der Waals surface area contributed by atoms with Crippen LogP contribution in [-0.4, -0.2) is 37.0 Å². The van der Waals surface area contributed by atoms with E-state index >= 15 is 0 Å². The Morgan fingerprint density at radius 1 is 1.61 bits per heavy atom. The lowest BCUT2D eigenvalue weighted by atomic mass is 10.1. The minimum atomic E-state index is -0.447. The van der Waals surface area contributed by atoms with E-state index in [2.05, 4.69) is 17.3 Å². The number of likely N-dealkylation sites (N-methyl/N-ethyl adjacent to an activating group) is 1. The molecule has 0 bridgehead atoms. The van der Waals surface area contributed by atoms with E-state index in [1.54, 1.807) is 12.1 Å². The van der Waals surface area contributed by atoms with Crippen molar-refractivity contribution in [2.24, 2.45) is 5.73 Å². The maximum absolute atomic E-state index is 11.0. The highest BCUT2D eigenvalue weighted by Gasteiger charge is 2.19. The van der Waals surface area contributed by atoms with Crippen molar-refractivity contribution >= 4 is 17.5 Å². The van der Waals surface area contributed by atoms with Crippen LogP contribution in [0.2, 0.25) is 5.02 Å². The van der Waals surface area contributed by atoms with Gasteiger partial charge in [-0.2, -0.15) is 0 Å². The fraction of sp³-hybridized carbons (Fsp3) is 0.462. The number of benzene rings is 1. The van der Waals surface area contributed by atoms with E-state index in [1.165, 1.54) is 0 Å². The molecule has 1 amide bonds. The van der Waals surface area contributed by atoms with E-state index in [1.807, 2.05) is 6.07 Å². The zero-order chi connectivity index (χ0) is 13.1. The molecular formula is C13H18ClN3O. The van der Waals surface area contributed by atoms with Crippen LogP contribution in [0.15, 0.2) is 18.2 Å². The second-order valence-electron chi connectivity index (χ2n) is 4.73. The van der Waals surface area contributed by atoms with Gasteiger partial charge in [-0.3, -0.25) is 9.69 Å². The molecule has 1 aliphatic heterocycles. The van der Waals surface area contributed by atoms with Gasteiger partial charge in [0.2, 0.25) is 5.91 Å². The predicted octanol–water partition coefficient (Wildman–Crippen LogP) is 1.23. The van der Waals surface area contributed by atoms with Gasteiger partial charge in [0.1, 0.15) is 0 Å². The number of primary amides is 1. The summed E-state index contributed by atoms with van der Waals surface area (Å²) in [6.45, 7) is 2.88. The normalized spacial score (nSPS) is 19.4. The van der Waals surface area contributed by atoms with Crippen LogP contribution in [0.4, 0.5) is 0 Å². The van der Waals surface area contributed by atoms with Crippen molar-refractivity contribution in [3.8, 4) is 0 Å². The van der Waals surface area contributed by atoms with Gasteiger partial charge in [0.25, 0.3) is 0 Å². The molecule has 3 N–H and O–H groups in total. The zero-order valence-electron chi connectivity index (χ0n) is 10.4. The summed E-state index contributed by atoms with van der Waals surface area (Å²) in [5.41, 5.74) is 6.69. The highest BCUT2D eigenvalue weighted by Crippen LogP contribution is 2.20. The lowest BCUT2D eigenvalue weighted by molar-refractivity contribution is 0.100. The Balaban J connectivity index is 2.06. The second-order valence-corrected chi connectivity index (χ2v) is 5.14. The maximum atomic E-state index is 11.0. The Hall–Kier alpha value is -1.10. The van der Waals surface area contributed by atoms with Gasteiger partial charge >= 0.3 is 0 Å². The molecule has 1 aromatic carbocycles. The van der Waals surface area contributed by atoms with Gasteiger partial charge in [0, 0.05) is 29.7 Å². The molecule has 0 saturated carbocycles. The molecule has 0 radical (unpaired) electrons. The van der Waals surface area contributed by atoms with Gasteiger partial charge in [-0.1, -0.05) is 17.7 Å². The van der Waals surface area contributed by atoms with E-state index in [0.29, 0.717) is 16.6 Å². The third kappa shape index (κ3) is 3.02.